The summed E-state index contributed by atoms with van der Waals surface area (Å²) in [6.07, 6.45) is 3.11. The summed E-state index contributed by atoms with van der Waals surface area (Å²) < 4.78 is 7.86. The van der Waals surface area contributed by atoms with Gasteiger partial charge in [0.05, 0.1) is 17.1 Å². The second kappa shape index (κ2) is 9.05. The summed E-state index contributed by atoms with van der Waals surface area (Å²) in [7, 11) is 0. The number of hydrogen-bond acceptors (Lipinski definition) is 3. The maximum atomic E-state index is 13.1. The first kappa shape index (κ1) is 20.6. The molecule has 0 bridgehead atoms. The van der Waals surface area contributed by atoms with E-state index in [1.807, 2.05) is 47.0 Å². The monoisotopic (exact) mass is 445 g/mol. The van der Waals surface area contributed by atoms with Crippen LogP contribution in [0.1, 0.15) is 35.8 Å². The minimum atomic E-state index is -0.0254. The molecular weight excluding hydrogens is 422 g/mol. The second-order valence-electron chi connectivity index (χ2n) is 8.06. The smallest absolute Gasteiger partial charge is 0.240 e. The fourth-order valence-electron chi connectivity index (χ4n) is 4.38. The molecule has 0 radical (unpaired) electrons. The summed E-state index contributed by atoms with van der Waals surface area (Å²) in [6, 6.07) is 23.5. The molecule has 6 heteroatoms. The Bertz CT molecular complexity index is 1250. The number of halogens is 1. The first-order chi connectivity index (χ1) is 15.7. The molecule has 1 aliphatic carbocycles. The SMILES string of the molecule is O=C(Cn1c(COc2ccc(Cl)cc2)nc2ccccc21)NC1CCCc2ccccc21. The topological polar surface area (TPSA) is 56.2 Å². The van der Waals surface area contributed by atoms with E-state index in [2.05, 4.69) is 23.5 Å². The zero-order chi connectivity index (χ0) is 21.9. The van der Waals surface area contributed by atoms with Gasteiger partial charge < -0.3 is 14.6 Å². The van der Waals surface area contributed by atoms with E-state index in [-0.39, 0.29) is 25.1 Å². The van der Waals surface area contributed by atoms with Crippen LogP contribution in [0.25, 0.3) is 11.0 Å². The molecule has 1 N–H and O–H groups in total. The van der Waals surface area contributed by atoms with Crippen LogP contribution in [0, 0.1) is 0 Å². The maximum absolute atomic E-state index is 13.1. The molecule has 1 amide bonds. The van der Waals surface area contributed by atoms with Gasteiger partial charge in [-0.3, -0.25) is 4.79 Å². The largest absolute Gasteiger partial charge is 0.486 e. The van der Waals surface area contributed by atoms with Crippen LogP contribution in [-0.4, -0.2) is 15.5 Å². The van der Waals surface area contributed by atoms with Crippen LogP contribution < -0.4 is 10.1 Å². The Morgan fingerprint density at radius 2 is 1.84 bits per heavy atom. The molecule has 0 saturated heterocycles. The molecule has 3 aromatic carbocycles. The third-order valence-electron chi connectivity index (χ3n) is 5.92. The molecule has 0 fully saturated rings. The molecular formula is C26H24ClN3O2. The number of hydrogen-bond donors (Lipinski definition) is 1. The fraction of sp³-hybridized carbons (Fsp3) is 0.231. The molecule has 1 aromatic heterocycles. The van der Waals surface area contributed by atoms with Crippen LogP contribution in [0.3, 0.4) is 0 Å². The van der Waals surface area contributed by atoms with Gasteiger partial charge in [0.1, 0.15) is 24.7 Å². The molecule has 1 atom stereocenters. The Balaban J connectivity index is 1.35. The van der Waals surface area contributed by atoms with E-state index in [1.54, 1.807) is 12.1 Å². The maximum Gasteiger partial charge on any atom is 0.240 e. The average Bonchev–Trinajstić information content (AvgIpc) is 3.16. The molecule has 1 unspecified atom stereocenters. The summed E-state index contributed by atoms with van der Waals surface area (Å²) in [5.74, 6) is 1.39. The number of carbonyl (C=O) groups is 1. The normalized spacial score (nSPS) is 15.3. The van der Waals surface area contributed by atoms with E-state index in [1.165, 1.54) is 11.1 Å². The number of para-hydroxylation sites is 2. The lowest BCUT2D eigenvalue weighted by Crippen LogP contribution is -2.33. The summed E-state index contributed by atoms with van der Waals surface area (Å²) >= 11 is 5.96. The predicted octanol–water partition coefficient (Wildman–Crippen LogP) is 5.46. The summed E-state index contributed by atoms with van der Waals surface area (Å²) in [4.78, 5) is 17.8. The average molecular weight is 446 g/mol. The first-order valence-corrected chi connectivity index (χ1v) is 11.2. The van der Waals surface area contributed by atoms with Crippen molar-refractivity contribution in [3.8, 4) is 5.75 Å². The molecule has 0 aliphatic heterocycles. The highest BCUT2D eigenvalue weighted by atomic mass is 35.5. The number of amides is 1. The quantitative estimate of drug-likeness (QED) is 0.428. The predicted molar refractivity (Wildman–Crippen MR) is 126 cm³/mol. The number of carbonyl (C=O) groups excluding carboxylic acids is 1. The van der Waals surface area contributed by atoms with Crippen molar-refractivity contribution < 1.29 is 9.53 Å². The number of aromatic nitrogens is 2. The van der Waals surface area contributed by atoms with Crippen LogP contribution in [0.2, 0.25) is 5.02 Å². The van der Waals surface area contributed by atoms with Crippen molar-refractivity contribution >= 4 is 28.5 Å². The van der Waals surface area contributed by atoms with Gasteiger partial charge in [-0.05, 0) is 66.8 Å². The second-order valence-corrected chi connectivity index (χ2v) is 8.49. The number of benzene rings is 3. The van der Waals surface area contributed by atoms with Gasteiger partial charge in [0.15, 0.2) is 0 Å². The van der Waals surface area contributed by atoms with Crippen molar-refractivity contribution in [3.63, 3.8) is 0 Å². The number of rotatable bonds is 6. The van der Waals surface area contributed by atoms with E-state index in [0.29, 0.717) is 16.6 Å². The third kappa shape index (κ3) is 4.34. The highest BCUT2D eigenvalue weighted by molar-refractivity contribution is 6.30. The van der Waals surface area contributed by atoms with E-state index in [9.17, 15) is 4.79 Å². The van der Waals surface area contributed by atoms with Crippen LogP contribution in [0.15, 0.2) is 72.8 Å². The van der Waals surface area contributed by atoms with Gasteiger partial charge in [-0.15, -0.1) is 0 Å². The van der Waals surface area contributed by atoms with Crippen molar-refractivity contribution in [3.05, 3.63) is 94.8 Å². The van der Waals surface area contributed by atoms with Gasteiger partial charge >= 0.3 is 0 Å². The molecule has 0 saturated carbocycles. The third-order valence-corrected chi connectivity index (χ3v) is 6.17. The molecule has 1 aliphatic rings. The number of nitrogens with zero attached hydrogens (tertiary/aromatic N) is 2. The minimum absolute atomic E-state index is 0.0254. The Labute approximate surface area is 192 Å². The highest BCUT2D eigenvalue weighted by Gasteiger charge is 2.22. The zero-order valence-corrected chi connectivity index (χ0v) is 18.4. The molecule has 1 heterocycles. The van der Waals surface area contributed by atoms with Crippen molar-refractivity contribution in [2.24, 2.45) is 0 Å². The van der Waals surface area contributed by atoms with Crippen LogP contribution in [-0.2, 0) is 24.4 Å². The van der Waals surface area contributed by atoms with Gasteiger partial charge in [0, 0.05) is 5.02 Å². The standard InChI is InChI=1S/C26H24ClN3O2/c27-19-12-14-20(15-13-19)32-17-25-28-23-9-3-4-11-24(23)30(25)16-26(31)29-22-10-5-7-18-6-1-2-8-21(18)22/h1-4,6,8-9,11-15,22H,5,7,10,16-17H2,(H,29,31). The Morgan fingerprint density at radius 3 is 2.72 bits per heavy atom. The molecule has 5 nitrogen and oxygen atoms in total. The van der Waals surface area contributed by atoms with E-state index in [0.717, 1.165) is 30.3 Å². The van der Waals surface area contributed by atoms with Crippen molar-refractivity contribution in [2.45, 2.75) is 38.5 Å². The van der Waals surface area contributed by atoms with Gasteiger partial charge in [0.2, 0.25) is 5.91 Å². The zero-order valence-electron chi connectivity index (χ0n) is 17.6. The Morgan fingerprint density at radius 1 is 1.06 bits per heavy atom. The van der Waals surface area contributed by atoms with Crippen LogP contribution in [0.4, 0.5) is 0 Å². The minimum Gasteiger partial charge on any atom is -0.486 e. The molecule has 4 aromatic rings. The van der Waals surface area contributed by atoms with Crippen LogP contribution in [0.5, 0.6) is 5.75 Å². The summed E-state index contributed by atoms with van der Waals surface area (Å²) in [6.45, 7) is 0.453. The first-order valence-electron chi connectivity index (χ1n) is 10.9. The van der Waals surface area contributed by atoms with Gasteiger partial charge in [-0.2, -0.15) is 0 Å². The van der Waals surface area contributed by atoms with Crippen molar-refractivity contribution in [2.75, 3.05) is 0 Å². The van der Waals surface area contributed by atoms with Gasteiger partial charge in [-0.25, -0.2) is 4.98 Å². The lowest BCUT2D eigenvalue weighted by molar-refractivity contribution is -0.122. The summed E-state index contributed by atoms with van der Waals surface area (Å²) in [5, 5.41) is 3.90. The number of aryl methyl sites for hydroxylation is 1. The molecule has 162 valence electrons. The number of imidazole rings is 1. The number of fused-ring (bicyclic) bond motifs is 2. The van der Waals surface area contributed by atoms with Crippen molar-refractivity contribution in [1.82, 2.24) is 14.9 Å². The fourth-order valence-corrected chi connectivity index (χ4v) is 4.50. The molecule has 32 heavy (non-hydrogen) atoms. The van der Waals surface area contributed by atoms with Gasteiger partial charge in [-0.1, -0.05) is 48.0 Å². The lowest BCUT2D eigenvalue weighted by atomic mass is 9.88. The summed E-state index contributed by atoms with van der Waals surface area (Å²) in [5.41, 5.74) is 4.32. The highest BCUT2D eigenvalue weighted by Crippen LogP contribution is 2.29. The number of ether oxygens (including phenoxy) is 1. The van der Waals surface area contributed by atoms with E-state index in [4.69, 9.17) is 21.3 Å². The molecule has 0 spiro atoms. The number of nitrogens with one attached hydrogen (secondary N) is 1. The lowest BCUT2D eigenvalue weighted by Gasteiger charge is -2.26. The van der Waals surface area contributed by atoms with E-state index >= 15 is 0 Å². The van der Waals surface area contributed by atoms with Gasteiger partial charge in [0.25, 0.3) is 0 Å². The Hall–Kier alpha value is -3.31. The van der Waals surface area contributed by atoms with E-state index < -0.39 is 0 Å². The Kier molecular flexibility index (Phi) is 5.82. The van der Waals surface area contributed by atoms with Crippen molar-refractivity contribution in [1.29, 1.82) is 0 Å². The van der Waals surface area contributed by atoms with Crippen LogP contribution >= 0.6 is 11.6 Å². The molecule has 5 rings (SSSR count).